The number of amidine groups is 2. The Hall–Kier alpha value is -4.09. The third kappa shape index (κ3) is 6.45. The maximum absolute atomic E-state index is 12.4. The van der Waals surface area contributed by atoms with Crippen LogP contribution in [0.3, 0.4) is 0 Å². The molecular weight excluding hydrogens is 420 g/mol. The molecule has 2 rings (SSSR count). The quantitative estimate of drug-likeness (QED) is 0.320. The zero-order valence-electron chi connectivity index (χ0n) is 17.6. The normalized spacial score (nSPS) is 14.4. The maximum Gasteiger partial charge on any atom is 0.326 e. The lowest BCUT2D eigenvalue weighted by Gasteiger charge is -2.16. The van der Waals surface area contributed by atoms with Gasteiger partial charge in [0.05, 0.1) is 24.7 Å². The molecule has 2 amide bonds. The molecule has 0 saturated heterocycles. The Labute approximate surface area is 183 Å². The SMILES string of the molecule is CC(=O)CC[C@H](NC(=O)c1ncc(NC(=O)CC2=C(O)CC(N)=NC2=N)cc1C)C(=O)O. The number of aromatic nitrogens is 1. The molecule has 12 heteroatoms. The van der Waals surface area contributed by atoms with Gasteiger partial charge in [0.2, 0.25) is 5.91 Å². The van der Waals surface area contributed by atoms with Crippen LogP contribution in [0.1, 0.15) is 48.7 Å². The second-order valence-electron chi connectivity index (χ2n) is 7.27. The number of pyridine rings is 1. The summed E-state index contributed by atoms with van der Waals surface area (Å²) in [5.74, 6) is -3.13. The van der Waals surface area contributed by atoms with Gasteiger partial charge in [-0.2, -0.15) is 0 Å². The number of aliphatic hydroxyl groups is 1. The van der Waals surface area contributed by atoms with Gasteiger partial charge in [0.1, 0.15) is 29.1 Å². The number of dihydropyridines is 1. The van der Waals surface area contributed by atoms with Crippen LogP contribution in [0.5, 0.6) is 0 Å². The number of aliphatic carboxylic acids is 1. The van der Waals surface area contributed by atoms with Crippen molar-refractivity contribution in [1.29, 1.82) is 5.41 Å². The van der Waals surface area contributed by atoms with Crippen LogP contribution in [0, 0.1) is 12.3 Å². The molecule has 0 aromatic carbocycles. The van der Waals surface area contributed by atoms with Crippen LogP contribution >= 0.6 is 0 Å². The summed E-state index contributed by atoms with van der Waals surface area (Å²) in [6, 6.07) is 0.234. The smallest absolute Gasteiger partial charge is 0.326 e. The first kappa shape index (κ1) is 24.2. The first-order valence-electron chi connectivity index (χ1n) is 9.60. The highest BCUT2D eigenvalue weighted by Crippen LogP contribution is 2.19. The molecule has 0 fully saturated rings. The van der Waals surface area contributed by atoms with Gasteiger partial charge in [-0.25, -0.2) is 14.8 Å². The predicted molar refractivity (Wildman–Crippen MR) is 115 cm³/mol. The third-order valence-electron chi connectivity index (χ3n) is 4.54. The van der Waals surface area contributed by atoms with Gasteiger partial charge in [-0.1, -0.05) is 0 Å². The molecule has 170 valence electrons. The number of hydrogen-bond acceptors (Lipinski definition) is 8. The van der Waals surface area contributed by atoms with Crippen LogP contribution in [0.15, 0.2) is 28.6 Å². The maximum atomic E-state index is 12.4. The van der Waals surface area contributed by atoms with E-state index in [0.717, 1.165) is 0 Å². The minimum atomic E-state index is -1.27. The fraction of sp³-hybridized carbons (Fsp3) is 0.350. The van der Waals surface area contributed by atoms with Gasteiger partial charge in [0, 0.05) is 12.0 Å². The van der Waals surface area contributed by atoms with E-state index in [1.165, 1.54) is 19.2 Å². The second-order valence-corrected chi connectivity index (χ2v) is 7.27. The standard InChI is InChI=1S/C20H24N6O6/c1-9-5-11(24-16(29)6-12-14(28)7-15(21)26-18(12)22)8-23-17(9)19(30)25-13(20(31)32)4-3-10(2)27/h5,8,13,28H,3-4,6-7H2,1-2H3,(H,24,29)(H,25,30)(H,31,32)(H3,21,22,26)/t13-/m0/s1. The van der Waals surface area contributed by atoms with Crippen LogP contribution in [-0.4, -0.2) is 56.5 Å². The molecule has 0 radical (unpaired) electrons. The minimum absolute atomic E-state index is 0.00990. The summed E-state index contributed by atoms with van der Waals surface area (Å²) in [6.45, 7) is 2.89. The molecule has 1 aromatic heterocycles. The lowest BCUT2D eigenvalue weighted by atomic mass is 10.0. The van der Waals surface area contributed by atoms with E-state index >= 15 is 0 Å². The third-order valence-corrected chi connectivity index (χ3v) is 4.54. The Kier molecular flexibility index (Phi) is 7.77. The Morgan fingerprint density at radius 1 is 1.31 bits per heavy atom. The average Bonchev–Trinajstić information content (AvgIpc) is 2.67. The molecule has 32 heavy (non-hydrogen) atoms. The van der Waals surface area contributed by atoms with Crippen molar-refractivity contribution in [2.24, 2.45) is 10.7 Å². The molecule has 1 aliphatic rings. The van der Waals surface area contributed by atoms with Gasteiger partial charge in [0.25, 0.3) is 5.91 Å². The van der Waals surface area contributed by atoms with Crippen molar-refractivity contribution in [3.8, 4) is 0 Å². The first-order chi connectivity index (χ1) is 15.0. The van der Waals surface area contributed by atoms with E-state index in [0.29, 0.717) is 5.56 Å². The van der Waals surface area contributed by atoms with E-state index in [-0.39, 0.29) is 65.9 Å². The highest BCUT2D eigenvalue weighted by atomic mass is 16.4. The number of amides is 2. The molecule has 1 atom stereocenters. The predicted octanol–water partition coefficient (Wildman–Crippen LogP) is 0.821. The fourth-order valence-electron chi connectivity index (χ4n) is 2.93. The molecule has 7 N–H and O–H groups in total. The van der Waals surface area contributed by atoms with Crippen molar-refractivity contribution in [2.45, 2.75) is 45.6 Å². The van der Waals surface area contributed by atoms with Gasteiger partial charge >= 0.3 is 5.97 Å². The van der Waals surface area contributed by atoms with E-state index in [2.05, 4.69) is 20.6 Å². The number of Topliss-reactive ketones (excluding diaryl/α,β-unsaturated/α-hetero) is 1. The summed E-state index contributed by atoms with van der Waals surface area (Å²) in [4.78, 5) is 54.9. The molecule has 0 saturated carbocycles. The molecule has 12 nitrogen and oxygen atoms in total. The molecule has 2 heterocycles. The number of nitrogens with two attached hydrogens (primary N) is 1. The Morgan fingerprint density at radius 3 is 2.56 bits per heavy atom. The number of anilines is 1. The number of aliphatic imine (C=N–C) groups is 1. The highest BCUT2D eigenvalue weighted by molar-refractivity contribution is 6.11. The first-order valence-corrected chi connectivity index (χ1v) is 9.60. The van der Waals surface area contributed by atoms with Gasteiger partial charge in [-0.15, -0.1) is 0 Å². The Morgan fingerprint density at radius 2 is 2.00 bits per heavy atom. The molecular formula is C20H24N6O6. The number of carboxylic acids is 1. The van der Waals surface area contributed by atoms with Crippen LogP contribution in [0.25, 0.3) is 0 Å². The lowest BCUT2D eigenvalue weighted by Crippen LogP contribution is -2.41. The number of rotatable bonds is 9. The largest absolute Gasteiger partial charge is 0.511 e. The molecule has 0 spiro atoms. The number of aryl methyl sites for hydroxylation is 1. The van der Waals surface area contributed by atoms with Gasteiger partial charge < -0.3 is 31.4 Å². The summed E-state index contributed by atoms with van der Waals surface area (Å²) in [5, 5.41) is 31.8. The van der Waals surface area contributed by atoms with Crippen molar-refractivity contribution in [2.75, 3.05) is 5.32 Å². The lowest BCUT2D eigenvalue weighted by molar-refractivity contribution is -0.139. The summed E-state index contributed by atoms with van der Waals surface area (Å²) < 4.78 is 0. The fourth-order valence-corrected chi connectivity index (χ4v) is 2.93. The van der Waals surface area contributed by atoms with E-state index < -0.39 is 23.8 Å². The van der Waals surface area contributed by atoms with E-state index in [1.807, 2.05) is 0 Å². The molecule has 1 aromatic rings. The molecule has 1 aliphatic heterocycles. The van der Waals surface area contributed by atoms with Crippen molar-refractivity contribution in [3.05, 3.63) is 34.9 Å². The van der Waals surface area contributed by atoms with Crippen molar-refractivity contribution in [1.82, 2.24) is 10.3 Å². The topological polar surface area (TPSA) is 208 Å². The number of nitrogens with one attached hydrogen (secondary N) is 3. The average molecular weight is 444 g/mol. The molecule has 0 bridgehead atoms. The summed E-state index contributed by atoms with van der Waals surface area (Å²) in [6.07, 6.45) is 0.840. The number of ketones is 1. The Balaban J connectivity index is 2.04. The number of hydrogen-bond donors (Lipinski definition) is 6. The number of aliphatic hydroxyl groups excluding tert-OH is 1. The van der Waals surface area contributed by atoms with Crippen molar-refractivity contribution >= 4 is 40.9 Å². The van der Waals surface area contributed by atoms with Crippen molar-refractivity contribution < 1.29 is 29.4 Å². The van der Waals surface area contributed by atoms with Gasteiger partial charge in [-0.3, -0.25) is 15.0 Å². The number of carboxylic acid groups (broad SMARTS) is 1. The Bertz CT molecular complexity index is 1050. The van der Waals surface area contributed by atoms with Crippen LogP contribution in [0.2, 0.25) is 0 Å². The second kappa shape index (κ2) is 10.3. The van der Waals surface area contributed by atoms with Crippen LogP contribution in [0.4, 0.5) is 5.69 Å². The molecule has 0 unspecified atom stereocenters. The van der Waals surface area contributed by atoms with E-state index in [1.54, 1.807) is 6.92 Å². The van der Waals surface area contributed by atoms with E-state index in [4.69, 9.17) is 11.1 Å². The minimum Gasteiger partial charge on any atom is -0.511 e. The highest BCUT2D eigenvalue weighted by Gasteiger charge is 2.24. The zero-order chi connectivity index (χ0) is 24.0. The summed E-state index contributed by atoms with van der Waals surface area (Å²) in [7, 11) is 0. The van der Waals surface area contributed by atoms with Crippen LogP contribution < -0.4 is 16.4 Å². The summed E-state index contributed by atoms with van der Waals surface area (Å²) >= 11 is 0. The monoisotopic (exact) mass is 444 g/mol. The van der Waals surface area contributed by atoms with Crippen molar-refractivity contribution in [3.63, 3.8) is 0 Å². The zero-order valence-corrected chi connectivity index (χ0v) is 17.6. The van der Waals surface area contributed by atoms with Gasteiger partial charge in [0.15, 0.2) is 5.84 Å². The van der Waals surface area contributed by atoms with E-state index in [9.17, 15) is 29.4 Å². The number of carbonyl (C=O) groups excluding carboxylic acids is 3. The summed E-state index contributed by atoms with van der Waals surface area (Å²) in [5.41, 5.74) is 6.16. The van der Waals surface area contributed by atoms with Gasteiger partial charge in [-0.05, 0) is 31.9 Å². The molecule has 0 aliphatic carbocycles. The number of carbonyl (C=O) groups is 4. The van der Waals surface area contributed by atoms with Crippen LogP contribution in [-0.2, 0) is 14.4 Å². The number of nitrogens with zero attached hydrogens (tertiary/aromatic N) is 2.